The molecule has 2 N–H and O–H groups in total. The van der Waals surface area contributed by atoms with Crippen LogP contribution in [-0.4, -0.2) is 30.4 Å². The molecule has 0 atom stereocenters. The maximum Gasteiger partial charge on any atom is 0.495 e. The van der Waals surface area contributed by atoms with Crippen LogP contribution in [0.15, 0.2) is 30.3 Å². The number of ether oxygens (including phenoxy) is 1. The highest BCUT2D eigenvalue weighted by Gasteiger charge is 2.52. The summed E-state index contributed by atoms with van der Waals surface area (Å²) in [5, 5.41) is 0. The smallest absolute Gasteiger partial charge is 0.495 e. The van der Waals surface area contributed by atoms with Crippen molar-refractivity contribution >= 4 is 18.4 Å². The zero-order valence-electron chi connectivity index (χ0n) is 16.4. The van der Waals surface area contributed by atoms with Gasteiger partial charge >= 0.3 is 7.12 Å². The average Bonchev–Trinajstić information content (AvgIpc) is 2.78. The van der Waals surface area contributed by atoms with E-state index in [0.29, 0.717) is 12.2 Å². The van der Waals surface area contributed by atoms with E-state index in [1.54, 1.807) is 7.11 Å². The lowest BCUT2D eigenvalue weighted by atomic mass is 9.74. The van der Waals surface area contributed by atoms with Crippen LogP contribution in [0.3, 0.4) is 0 Å². The molecular formula is C20H27BN2O3. The quantitative estimate of drug-likeness (QED) is 0.856. The van der Waals surface area contributed by atoms with E-state index < -0.39 is 18.3 Å². The molecule has 1 fully saturated rings. The number of rotatable bonds is 4. The molecule has 5 nitrogen and oxygen atoms in total. The van der Waals surface area contributed by atoms with Crippen molar-refractivity contribution in [3.8, 4) is 5.75 Å². The number of nitrogen functional groups attached to an aromatic ring is 1. The maximum atomic E-state index is 6.28. The van der Waals surface area contributed by atoms with Gasteiger partial charge in [0.2, 0.25) is 0 Å². The minimum Gasteiger partial charge on any atom is -0.497 e. The van der Waals surface area contributed by atoms with E-state index in [1.807, 2.05) is 65.0 Å². The van der Waals surface area contributed by atoms with Crippen LogP contribution in [0.25, 0.3) is 0 Å². The van der Waals surface area contributed by atoms with E-state index in [4.69, 9.17) is 19.8 Å². The highest BCUT2D eigenvalue weighted by molar-refractivity contribution is 6.62. The fraction of sp³-hybridized carbons (Fsp3) is 0.450. The van der Waals surface area contributed by atoms with Gasteiger partial charge in [0.05, 0.1) is 18.3 Å². The normalized spacial score (nSPS) is 18.2. The summed E-state index contributed by atoms with van der Waals surface area (Å²) in [4.78, 5) is 4.45. The van der Waals surface area contributed by atoms with Gasteiger partial charge in [0.1, 0.15) is 11.6 Å². The summed E-state index contributed by atoms with van der Waals surface area (Å²) in [5.41, 5.74) is 9.35. The number of anilines is 1. The summed E-state index contributed by atoms with van der Waals surface area (Å²) < 4.78 is 17.7. The van der Waals surface area contributed by atoms with Gasteiger partial charge in [-0.15, -0.1) is 0 Å². The molecule has 0 saturated carbocycles. The molecule has 138 valence electrons. The third-order valence-corrected chi connectivity index (χ3v) is 5.37. The van der Waals surface area contributed by atoms with Crippen LogP contribution in [0, 0.1) is 6.92 Å². The Morgan fingerprint density at radius 1 is 1.08 bits per heavy atom. The first-order chi connectivity index (χ1) is 12.1. The second kappa shape index (κ2) is 6.60. The van der Waals surface area contributed by atoms with Gasteiger partial charge in [-0.05, 0) is 69.4 Å². The Kier molecular flexibility index (Phi) is 4.75. The van der Waals surface area contributed by atoms with E-state index in [0.717, 1.165) is 28.0 Å². The number of aryl methyl sites for hydroxylation is 1. The molecule has 0 unspecified atom stereocenters. The Bertz CT molecular complexity index is 787. The summed E-state index contributed by atoms with van der Waals surface area (Å²) in [6.07, 6.45) is 0.655. The van der Waals surface area contributed by atoms with E-state index in [2.05, 4.69) is 4.98 Å². The first-order valence-corrected chi connectivity index (χ1v) is 8.87. The minimum atomic E-state index is -0.461. The fourth-order valence-electron chi connectivity index (χ4n) is 3.07. The van der Waals surface area contributed by atoms with Crippen LogP contribution < -0.4 is 15.9 Å². The number of methoxy groups -OCH3 is 1. The van der Waals surface area contributed by atoms with Crippen molar-refractivity contribution in [2.24, 2.45) is 0 Å². The molecule has 26 heavy (non-hydrogen) atoms. The van der Waals surface area contributed by atoms with E-state index >= 15 is 0 Å². The molecule has 0 bridgehead atoms. The Hall–Kier alpha value is -2.05. The van der Waals surface area contributed by atoms with Gasteiger partial charge < -0.3 is 19.8 Å². The number of pyridine rings is 1. The SMILES string of the molecule is COc1ccc(Cc2c(B3OC(C)(C)C(C)(C)O3)cc(C)nc2N)cc1. The number of nitrogens with two attached hydrogens (primary N) is 1. The van der Waals surface area contributed by atoms with Gasteiger partial charge in [0.25, 0.3) is 0 Å². The van der Waals surface area contributed by atoms with Crippen LogP contribution in [-0.2, 0) is 15.7 Å². The Balaban J connectivity index is 1.98. The average molecular weight is 354 g/mol. The van der Waals surface area contributed by atoms with Gasteiger partial charge in [-0.2, -0.15) is 0 Å². The fourth-order valence-corrected chi connectivity index (χ4v) is 3.07. The Morgan fingerprint density at radius 3 is 2.19 bits per heavy atom. The monoisotopic (exact) mass is 354 g/mol. The second-order valence-corrected chi connectivity index (χ2v) is 7.83. The zero-order chi connectivity index (χ0) is 19.1. The van der Waals surface area contributed by atoms with Crippen molar-refractivity contribution in [2.75, 3.05) is 12.8 Å². The summed E-state index contributed by atoms with van der Waals surface area (Å²) >= 11 is 0. The molecule has 1 aliphatic heterocycles. The first kappa shape index (κ1) is 18.7. The van der Waals surface area contributed by atoms with Crippen LogP contribution in [0.1, 0.15) is 44.5 Å². The maximum absolute atomic E-state index is 6.28. The number of nitrogens with zero attached hydrogens (tertiary/aromatic N) is 1. The van der Waals surface area contributed by atoms with E-state index in [1.165, 1.54) is 0 Å². The van der Waals surface area contributed by atoms with Gasteiger partial charge in [0, 0.05) is 12.1 Å². The van der Waals surface area contributed by atoms with Crippen LogP contribution in [0.5, 0.6) is 5.75 Å². The molecule has 2 heterocycles. The van der Waals surface area contributed by atoms with E-state index in [9.17, 15) is 0 Å². The standard InChI is InChI=1S/C20H27BN2O3/c1-13-11-17(21-25-19(2,3)20(4,5)26-21)16(18(22)23-13)12-14-7-9-15(24-6)10-8-14/h7-11H,12H2,1-6H3,(H2,22,23). The van der Waals surface area contributed by atoms with Crippen LogP contribution >= 0.6 is 0 Å². The van der Waals surface area contributed by atoms with Crippen molar-refractivity contribution in [3.63, 3.8) is 0 Å². The topological polar surface area (TPSA) is 66.6 Å². The van der Waals surface area contributed by atoms with Crippen molar-refractivity contribution in [2.45, 2.75) is 52.2 Å². The molecule has 1 aromatic heterocycles. The Labute approximate surface area is 156 Å². The highest BCUT2D eigenvalue weighted by atomic mass is 16.7. The van der Waals surface area contributed by atoms with Crippen molar-refractivity contribution < 1.29 is 14.0 Å². The van der Waals surface area contributed by atoms with Crippen molar-refractivity contribution in [3.05, 3.63) is 47.2 Å². The zero-order valence-corrected chi connectivity index (χ0v) is 16.4. The Morgan fingerprint density at radius 2 is 1.65 bits per heavy atom. The molecule has 0 aliphatic carbocycles. The predicted molar refractivity (Wildman–Crippen MR) is 105 cm³/mol. The number of hydrogen-bond acceptors (Lipinski definition) is 5. The van der Waals surface area contributed by atoms with Gasteiger partial charge in [-0.3, -0.25) is 0 Å². The van der Waals surface area contributed by atoms with Gasteiger partial charge in [0.15, 0.2) is 0 Å². The summed E-state index contributed by atoms with van der Waals surface area (Å²) in [5.74, 6) is 1.35. The van der Waals surface area contributed by atoms with E-state index in [-0.39, 0.29) is 0 Å². The van der Waals surface area contributed by atoms with Crippen LogP contribution in [0.4, 0.5) is 5.82 Å². The lowest BCUT2D eigenvalue weighted by Gasteiger charge is -2.32. The molecule has 1 saturated heterocycles. The molecule has 1 aliphatic rings. The number of hydrogen-bond donors (Lipinski definition) is 1. The predicted octanol–water partition coefficient (Wildman–Crippen LogP) is 2.87. The first-order valence-electron chi connectivity index (χ1n) is 8.87. The van der Waals surface area contributed by atoms with Crippen molar-refractivity contribution in [1.29, 1.82) is 0 Å². The third-order valence-electron chi connectivity index (χ3n) is 5.37. The molecule has 3 rings (SSSR count). The third kappa shape index (κ3) is 3.44. The number of benzene rings is 1. The van der Waals surface area contributed by atoms with Gasteiger partial charge in [-0.1, -0.05) is 12.1 Å². The van der Waals surface area contributed by atoms with Crippen molar-refractivity contribution in [1.82, 2.24) is 4.98 Å². The lowest BCUT2D eigenvalue weighted by molar-refractivity contribution is 0.00578. The molecule has 2 aromatic rings. The molecule has 6 heteroatoms. The molecule has 0 spiro atoms. The number of aromatic nitrogens is 1. The lowest BCUT2D eigenvalue weighted by Crippen LogP contribution is -2.41. The summed E-state index contributed by atoms with van der Waals surface area (Å²) in [7, 11) is 1.20. The van der Waals surface area contributed by atoms with Gasteiger partial charge in [-0.25, -0.2) is 4.98 Å². The van der Waals surface area contributed by atoms with Crippen LogP contribution in [0.2, 0.25) is 0 Å². The second-order valence-electron chi connectivity index (χ2n) is 7.83. The largest absolute Gasteiger partial charge is 0.497 e. The molecular weight excluding hydrogens is 327 g/mol. The highest BCUT2D eigenvalue weighted by Crippen LogP contribution is 2.37. The summed E-state index contributed by atoms with van der Waals surface area (Å²) in [6, 6.07) is 9.97. The molecule has 0 amide bonds. The minimum absolute atomic E-state index is 0.402. The summed E-state index contributed by atoms with van der Waals surface area (Å²) in [6.45, 7) is 10.1. The molecule has 1 aromatic carbocycles. The molecule has 0 radical (unpaired) electrons.